The number of halogens is 2. The number of amides is 1. The quantitative estimate of drug-likeness (QED) is 0.170. The third-order valence-electron chi connectivity index (χ3n) is 5.51. The molecule has 0 saturated carbocycles. The molecule has 0 fully saturated rings. The van der Waals surface area contributed by atoms with E-state index in [2.05, 4.69) is 15.5 Å². The van der Waals surface area contributed by atoms with E-state index in [0.29, 0.717) is 22.2 Å². The molecule has 12 heteroatoms. The fourth-order valence-corrected chi connectivity index (χ4v) is 4.71. The van der Waals surface area contributed by atoms with Gasteiger partial charge in [0, 0.05) is 16.1 Å². The van der Waals surface area contributed by atoms with Crippen LogP contribution in [0.3, 0.4) is 0 Å². The summed E-state index contributed by atoms with van der Waals surface area (Å²) < 4.78 is 38.5. The summed E-state index contributed by atoms with van der Waals surface area (Å²) >= 11 is 12.3. The van der Waals surface area contributed by atoms with Crippen molar-refractivity contribution in [2.24, 2.45) is 10.2 Å². The zero-order valence-corrected chi connectivity index (χ0v) is 21.7. The Morgan fingerprint density at radius 2 is 1.68 bits per heavy atom. The smallest absolute Gasteiger partial charge is 0.296 e. The number of carbonyl (C=O) groups is 1. The number of phenols is 1. The Hall–Kier alpha value is -3.70. The van der Waals surface area contributed by atoms with E-state index in [1.54, 1.807) is 36.4 Å². The first kappa shape index (κ1) is 26.4. The molecule has 3 N–H and O–H groups in total. The van der Waals surface area contributed by atoms with Crippen LogP contribution in [0.2, 0.25) is 10.0 Å². The Kier molecular flexibility index (Phi) is 7.37. The van der Waals surface area contributed by atoms with Crippen molar-refractivity contribution in [3.05, 3.63) is 81.8 Å². The number of methoxy groups -OCH3 is 1. The molecular weight excluding hydrogens is 541 g/mol. The SMILES string of the molecule is COc1ccc(NC(=O)c2cc3ccccc3c(N=Nc3c(S(=O)(=O)O)ccc(Cl)c3C)c2O)cc1Cl. The molecule has 0 aromatic heterocycles. The van der Waals surface area contributed by atoms with Crippen LogP contribution in [0.1, 0.15) is 15.9 Å². The van der Waals surface area contributed by atoms with Gasteiger partial charge in [0.2, 0.25) is 0 Å². The largest absolute Gasteiger partial charge is 0.505 e. The molecular formula is C25H19Cl2N3O6S. The van der Waals surface area contributed by atoms with Crippen molar-refractivity contribution in [2.45, 2.75) is 11.8 Å². The summed E-state index contributed by atoms with van der Waals surface area (Å²) in [4.78, 5) is 12.6. The van der Waals surface area contributed by atoms with E-state index in [1.165, 1.54) is 32.2 Å². The van der Waals surface area contributed by atoms with Gasteiger partial charge in [-0.1, -0.05) is 47.5 Å². The van der Waals surface area contributed by atoms with Gasteiger partial charge in [-0.3, -0.25) is 9.35 Å². The highest BCUT2D eigenvalue weighted by atomic mass is 35.5. The molecule has 1 amide bonds. The number of nitrogens with zero attached hydrogens (tertiary/aromatic N) is 2. The monoisotopic (exact) mass is 559 g/mol. The lowest BCUT2D eigenvalue weighted by molar-refractivity contribution is 0.102. The van der Waals surface area contributed by atoms with E-state index >= 15 is 0 Å². The Bertz CT molecular complexity index is 1690. The number of hydrogen-bond acceptors (Lipinski definition) is 7. The standard InChI is InChI=1S/C25H19Cl2N3O6S/c1-13-18(26)8-10-21(37(33,34)35)22(13)29-30-23-16-6-4-3-5-14(16)11-17(24(23)31)25(32)28-15-7-9-20(36-2)19(27)12-15/h3-12,31H,1-2H3,(H,28,32)(H,33,34,35). The van der Waals surface area contributed by atoms with Gasteiger partial charge in [0.05, 0.1) is 17.7 Å². The molecule has 0 atom stereocenters. The summed E-state index contributed by atoms with van der Waals surface area (Å²) in [6, 6.07) is 15.4. The summed E-state index contributed by atoms with van der Waals surface area (Å²) in [6.45, 7) is 1.51. The Morgan fingerprint density at radius 1 is 0.973 bits per heavy atom. The van der Waals surface area contributed by atoms with Crippen molar-refractivity contribution >= 4 is 67.1 Å². The lowest BCUT2D eigenvalue weighted by atomic mass is 10.0. The van der Waals surface area contributed by atoms with Crippen LogP contribution in [0.5, 0.6) is 11.5 Å². The number of aromatic hydroxyl groups is 1. The normalized spacial score (nSPS) is 11.7. The van der Waals surface area contributed by atoms with Crippen LogP contribution in [0.4, 0.5) is 17.1 Å². The lowest BCUT2D eigenvalue weighted by Gasteiger charge is -2.12. The van der Waals surface area contributed by atoms with Gasteiger partial charge in [-0.05, 0) is 54.3 Å². The van der Waals surface area contributed by atoms with Gasteiger partial charge in [0.1, 0.15) is 22.0 Å². The number of anilines is 1. The van der Waals surface area contributed by atoms with E-state index < -0.39 is 26.7 Å². The number of hydrogen-bond donors (Lipinski definition) is 3. The van der Waals surface area contributed by atoms with Crippen molar-refractivity contribution in [1.29, 1.82) is 0 Å². The van der Waals surface area contributed by atoms with Crippen LogP contribution in [0.25, 0.3) is 10.8 Å². The number of nitrogens with one attached hydrogen (secondary N) is 1. The van der Waals surface area contributed by atoms with E-state index in [0.717, 1.165) is 6.07 Å². The van der Waals surface area contributed by atoms with Gasteiger partial charge in [-0.25, -0.2) is 0 Å². The third kappa shape index (κ3) is 5.37. The second-order valence-electron chi connectivity index (χ2n) is 7.84. The summed E-state index contributed by atoms with van der Waals surface area (Å²) in [6.07, 6.45) is 0. The minimum atomic E-state index is -4.65. The maximum Gasteiger partial charge on any atom is 0.296 e. The number of rotatable bonds is 6. The van der Waals surface area contributed by atoms with Gasteiger partial charge < -0.3 is 15.2 Å². The molecule has 9 nitrogen and oxygen atoms in total. The van der Waals surface area contributed by atoms with Crippen LogP contribution < -0.4 is 10.1 Å². The molecule has 0 aliphatic carbocycles. The van der Waals surface area contributed by atoms with Crippen molar-refractivity contribution < 1.29 is 27.6 Å². The van der Waals surface area contributed by atoms with Gasteiger partial charge in [0.25, 0.3) is 16.0 Å². The predicted molar refractivity (Wildman–Crippen MR) is 142 cm³/mol. The average molecular weight is 560 g/mol. The van der Waals surface area contributed by atoms with Crippen molar-refractivity contribution in [3.63, 3.8) is 0 Å². The van der Waals surface area contributed by atoms with Gasteiger partial charge >= 0.3 is 0 Å². The average Bonchev–Trinajstić information content (AvgIpc) is 2.84. The molecule has 0 radical (unpaired) electrons. The molecule has 0 heterocycles. The molecule has 190 valence electrons. The summed E-state index contributed by atoms with van der Waals surface area (Å²) in [7, 11) is -3.19. The number of phenolic OH excluding ortho intramolecular Hbond substituents is 1. The molecule has 0 bridgehead atoms. The molecule has 4 rings (SSSR count). The van der Waals surface area contributed by atoms with Crippen molar-refractivity contribution in [1.82, 2.24) is 0 Å². The Balaban J connectivity index is 1.83. The third-order valence-corrected chi connectivity index (χ3v) is 7.10. The van der Waals surface area contributed by atoms with E-state index in [4.69, 9.17) is 27.9 Å². The second-order valence-corrected chi connectivity index (χ2v) is 10.0. The number of carbonyl (C=O) groups excluding carboxylic acids is 1. The molecule has 0 aliphatic heterocycles. The molecule has 0 spiro atoms. The highest BCUT2D eigenvalue weighted by Gasteiger charge is 2.21. The van der Waals surface area contributed by atoms with Crippen LogP contribution >= 0.6 is 23.2 Å². The van der Waals surface area contributed by atoms with E-state index in [1.807, 2.05) is 0 Å². The topological polar surface area (TPSA) is 138 Å². The lowest BCUT2D eigenvalue weighted by Crippen LogP contribution is -2.12. The molecule has 0 saturated heterocycles. The van der Waals surface area contributed by atoms with Gasteiger partial charge in [0.15, 0.2) is 5.75 Å². The number of fused-ring (bicyclic) bond motifs is 1. The molecule has 4 aromatic rings. The van der Waals surface area contributed by atoms with Gasteiger partial charge in [-0.15, -0.1) is 10.2 Å². The van der Waals surface area contributed by atoms with Gasteiger partial charge in [-0.2, -0.15) is 8.42 Å². The zero-order valence-electron chi connectivity index (χ0n) is 19.4. The molecule has 4 aromatic carbocycles. The zero-order chi connectivity index (χ0) is 26.9. The fourth-order valence-electron chi connectivity index (χ4n) is 3.62. The number of azo groups is 1. The molecule has 0 unspecified atom stereocenters. The van der Waals surface area contributed by atoms with Crippen molar-refractivity contribution in [3.8, 4) is 11.5 Å². The first-order valence-electron chi connectivity index (χ1n) is 10.6. The minimum absolute atomic E-state index is 0.0864. The number of benzene rings is 4. The van der Waals surface area contributed by atoms with Crippen molar-refractivity contribution in [2.75, 3.05) is 12.4 Å². The maximum absolute atomic E-state index is 13.1. The predicted octanol–water partition coefficient (Wildman–Crippen LogP) is 7.08. The highest BCUT2D eigenvalue weighted by Crippen LogP contribution is 2.41. The second kappa shape index (κ2) is 10.3. The summed E-state index contributed by atoms with van der Waals surface area (Å²) in [5.41, 5.74) is 0.198. The minimum Gasteiger partial charge on any atom is -0.505 e. The fraction of sp³-hybridized carbons (Fsp3) is 0.0800. The van der Waals surface area contributed by atoms with Crippen LogP contribution in [0.15, 0.2) is 75.8 Å². The van der Waals surface area contributed by atoms with E-state index in [9.17, 15) is 22.9 Å². The first-order valence-corrected chi connectivity index (χ1v) is 12.8. The molecule has 37 heavy (non-hydrogen) atoms. The van der Waals surface area contributed by atoms with Crippen LogP contribution in [0, 0.1) is 6.92 Å². The summed E-state index contributed by atoms with van der Waals surface area (Å²) in [5, 5.41) is 23.3. The first-order chi connectivity index (χ1) is 17.5. The molecule has 0 aliphatic rings. The Morgan fingerprint density at radius 3 is 2.35 bits per heavy atom. The van der Waals surface area contributed by atoms with E-state index in [-0.39, 0.29) is 32.5 Å². The highest BCUT2D eigenvalue weighted by molar-refractivity contribution is 7.86. The number of ether oxygens (including phenoxy) is 1. The Labute approximate surface area is 222 Å². The van der Waals surface area contributed by atoms with Crippen LogP contribution in [-0.2, 0) is 10.1 Å². The van der Waals surface area contributed by atoms with Crippen LogP contribution in [-0.4, -0.2) is 31.1 Å². The summed E-state index contributed by atoms with van der Waals surface area (Å²) in [5.74, 6) is -0.720. The maximum atomic E-state index is 13.1.